The predicted molar refractivity (Wildman–Crippen MR) is 99.2 cm³/mol. The molecule has 1 aromatic rings. The number of hydrogen-bond acceptors (Lipinski definition) is 5. The molecule has 2 aliphatic rings. The maximum atomic E-state index is 12.5. The smallest absolute Gasteiger partial charge is 0.223 e. The number of hydrogen-bond donors (Lipinski definition) is 1. The van der Waals surface area contributed by atoms with Gasteiger partial charge in [-0.3, -0.25) is 9.00 Å². The van der Waals surface area contributed by atoms with Crippen LogP contribution < -0.4 is 14.8 Å². The highest BCUT2D eigenvalue weighted by Gasteiger charge is 2.28. The van der Waals surface area contributed by atoms with Crippen LogP contribution in [0.5, 0.6) is 11.5 Å². The van der Waals surface area contributed by atoms with Crippen LogP contribution in [0.25, 0.3) is 0 Å². The summed E-state index contributed by atoms with van der Waals surface area (Å²) in [7, 11) is -1.23. The highest BCUT2D eigenvalue weighted by atomic mass is 35.5. The average molecular weight is 389 g/mol. The van der Waals surface area contributed by atoms with Crippen LogP contribution in [0.2, 0.25) is 0 Å². The fraction of sp³-hybridized carbons (Fsp3) is 0.588. The summed E-state index contributed by atoms with van der Waals surface area (Å²) in [6, 6.07) is 5.76. The lowest BCUT2D eigenvalue weighted by Gasteiger charge is -2.38. The number of ether oxygens (including phenoxy) is 2. The van der Waals surface area contributed by atoms with E-state index in [0.29, 0.717) is 41.9 Å². The van der Waals surface area contributed by atoms with Gasteiger partial charge in [0.25, 0.3) is 0 Å². The summed E-state index contributed by atoms with van der Waals surface area (Å²) in [6.07, 6.45) is 0.290. The lowest BCUT2D eigenvalue weighted by Crippen LogP contribution is -2.57. The van der Waals surface area contributed by atoms with Crippen LogP contribution in [0.4, 0.5) is 0 Å². The molecule has 1 aromatic carbocycles. The Balaban J connectivity index is 0.00000225. The number of benzene rings is 1. The van der Waals surface area contributed by atoms with Crippen LogP contribution in [0.15, 0.2) is 23.1 Å². The van der Waals surface area contributed by atoms with Crippen LogP contribution in [-0.2, 0) is 15.6 Å². The van der Waals surface area contributed by atoms with Gasteiger partial charge in [-0.15, -0.1) is 12.4 Å². The van der Waals surface area contributed by atoms with E-state index in [-0.39, 0.29) is 36.8 Å². The Bertz CT molecular complexity index is 643. The summed E-state index contributed by atoms with van der Waals surface area (Å²) >= 11 is 0. The molecule has 0 spiro atoms. The molecular weight excluding hydrogens is 364 g/mol. The lowest BCUT2D eigenvalue weighted by atomic mass is 10.1. The summed E-state index contributed by atoms with van der Waals surface area (Å²) < 4.78 is 23.5. The normalized spacial score (nSPS) is 23.5. The molecule has 0 radical (unpaired) electrons. The van der Waals surface area contributed by atoms with Crippen molar-refractivity contribution in [2.45, 2.75) is 37.2 Å². The van der Waals surface area contributed by atoms with Crippen LogP contribution in [-0.4, -0.2) is 59.2 Å². The Hall–Kier alpha value is -1.31. The quantitative estimate of drug-likeness (QED) is 0.848. The maximum absolute atomic E-state index is 12.5. The fourth-order valence-electron chi connectivity index (χ4n) is 3.02. The van der Waals surface area contributed by atoms with E-state index in [0.717, 1.165) is 6.54 Å². The molecule has 3 atom stereocenters. The number of fused-ring (bicyclic) bond motifs is 1. The minimum Gasteiger partial charge on any atom is -0.486 e. The van der Waals surface area contributed by atoms with Crippen molar-refractivity contribution in [1.82, 2.24) is 10.2 Å². The molecule has 1 saturated heterocycles. The zero-order chi connectivity index (χ0) is 17.1. The van der Waals surface area contributed by atoms with E-state index in [2.05, 4.69) is 12.2 Å². The number of nitrogens with zero attached hydrogens (tertiary/aromatic N) is 1. The zero-order valence-corrected chi connectivity index (χ0v) is 16.2. The molecule has 6 nitrogen and oxygen atoms in total. The molecule has 0 bridgehead atoms. The van der Waals surface area contributed by atoms with Gasteiger partial charge in [0.1, 0.15) is 13.2 Å². The first-order valence-corrected chi connectivity index (χ1v) is 9.69. The van der Waals surface area contributed by atoms with Crippen LogP contribution in [0.3, 0.4) is 0 Å². The van der Waals surface area contributed by atoms with Gasteiger partial charge in [-0.1, -0.05) is 0 Å². The van der Waals surface area contributed by atoms with Gasteiger partial charge in [-0.2, -0.15) is 0 Å². The molecule has 0 saturated carbocycles. The van der Waals surface area contributed by atoms with Gasteiger partial charge in [0.15, 0.2) is 11.5 Å². The first-order valence-electron chi connectivity index (χ1n) is 8.37. The lowest BCUT2D eigenvalue weighted by molar-refractivity contribution is -0.134. The highest BCUT2D eigenvalue weighted by Crippen LogP contribution is 2.31. The highest BCUT2D eigenvalue weighted by molar-refractivity contribution is 7.85. The third-order valence-corrected chi connectivity index (χ3v) is 5.99. The number of carbonyl (C=O) groups is 1. The standard InChI is InChI=1S/C17H24N2O4S.ClH/c1-12-13(2)19(7-6-18-12)17(20)5-10-24(21)14-3-4-15-16(11-14)23-9-8-22-15;/h3-4,11-13,18H,5-10H2,1-2H3;1H. The van der Waals surface area contributed by atoms with E-state index in [4.69, 9.17) is 9.47 Å². The molecule has 1 fully saturated rings. The van der Waals surface area contributed by atoms with E-state index in [9.17, 15) is 9.00 Å². The summed E-state index contributed by atoms with van der Waals surface area (Å²) in [5.74, 6) is 1.70. The molecule has 140 valence electrons. The minimum absolute atomic E-state index is 0. The summed E-state index contributed by atoms with van der Waals surface area (Å²) in [5, 5.41) is 3.36. The van der Waals surface area contributed by atoms with E-state index < -0.39 is 10.8 Å². The maximum Gasteiger partial charge on any atom is 0.223 e. The van der Waals surface area contributed by atoms with Crippen molar-refractivity contribution in [2.75, 3.05) is 32.1 Å². The third kappa shape index (κ3) is 4.65. The number of halogens is 1. The van der Waals surface area contributed by atoms with Gasteiger partial charge >= 0.3 is 0 Å². The van der Waals surface area contributed by atoms with E-state index in [1.54, 1.807) is 18.2 Å². The van der Waals surface area contributed by atoms with Gasteiger partial charge in [0.2, 0.25) is 5.91 Å². The summed E-state index contributed by atoms with van der Waals surface area (Å²) in [5.41, 5.74) is 0. The Morgan fingerprint density at radius 1 is 1.28 bits per heavy atom. The van der Waals surface area contributed by atoms with Gasteiger partial charge in [0.05, 0.1) is 10.8 Å². The molecule has 25 heavy (non-hydrogen) atoms. The number of carbonyl (C=O) groups excluding carboxylic acids is 1. The number of rotatable bonds is 4. The zero-order valence-electron chi connectivity index (χ0n) is 14.5. The number of piperazine rings is 1. The van der Waals surface area contributed by atoms with Crippen molar-refractivity contribution in [3.63, 3.8) is 0 Å². The molecule has 3 unspecified atom stereocenters. The molecular formula is C17H25ClN2O4S. The monoisotopic (exact) mass is 388 g/mol. The Morgan fingerprint density at radius 3 is 2.76 bits per heavy atom. The van der Waals surface area contributed by atoms with Gasteiger partial charge in [-0.25, -0.2) is 0 Å². The Labute approximate surface area is 157 Å². The average Bonchev–Trinajstić information content (AvgIpc) is 2.61. The second-order valence-electron chi connectivity index (χ2n) is 6.18. The molecule has 8 heteroatoms. The molecule has 3 rings (SSSR count). The van der Waals surface area contributed by atoms with Crippen LogP contribution in [0, 0.1) is 0 Å². The number of amides is 1. The molecule has 2 heterocycles. The summed E-state index contributed by atoms with van der Waals surface area (Å²) in [6.45, 7) is 6.68. The molecule has 1 amide bonds. The Kier molecular flexibility index (Phi) is 7.10. The minimum atomic E-state index is -1.23. The second kappa shape index (κ2) is 8.87. The Morgan fingerprint density at radius 2 is 2.00 bits per heavy atom. The van der Waals surface area contributed by atoms with E-state index in [1.807, 2.05) is 11.8 Å². The molecule has 1 N–H and O–H groups in total. The van der Waals surface area contributed by atoms with Crippen molar-refractivity contribution in [2.24, 2.45) is 0 Å². The first-order chi connectivity index (χ1) is 11.6. The topological polar surface area (TPSA) is 67.9 Å². The van der Waals surface area contributed by atoms with E-state index in [1.165, 1.54) is 0 Å². The van der Waals surface area contributed by atoms with Crippen molar-refractivity contribution in [3.8, 4) is 11.5 Å². The van der Waals surface area contributed by atoms with Crippen molar-refractivity contribution in [1.29, 1.82) is 0 Å². The van der Waals surface area contributed by atoms with E-state index >= 15 is 0 Å². The van der Waals surface area contributed by atoms with Gasteiger partial charge in [-0.05, 0) is 26.0 Å². The fourth-order valence-corrected chi connectivity index (χ4v) is 4.07. The van der Waals surface area contributed by atoms with Gasteiger partial charge in [0, 0.05) is 48.3 Å². The second-order valence-corrected chi connectivity index (χ2v) is 7.75. The van der Waals surface area contributed by atoms with Gasteiger partial charge < -0.3 is 19.7 Å². The van der Waals surface area contributed by atoms with Crippen LogP contribution >= 0.6 is 12.4 Å². The van der Waals surface area contributed by atoms with Crippen molar-refractivity contribution < 1.29 is 18.5 Å². The third-order valence-electron chi connectivity index (χ3n) is 4.63. The molecule has 0 aromatic heterocycles. The van der Waals surface area contributed by atoms with Crippen LogP contribution in [0.1, 0.15) is 20.3 Å². The molecule has 2 aliphatic heterocycles. The molecule has 0 aliphatic carbocycles. The summed E-state index contributed by atoms with van der Waals surface area (Å²) in [4.78, 5) is 15.0. The largest absolute Gasteiger partial charge is 0.486 e. The first kappa shape index (κ1) is 20.0. The number of nitrogens with one attached hydrogen (secondary N) is 1. The SMILES string of the molecule is CC1NCCN(C(=O)CCS(=O)c2ccc3c(c2)OCCO3)C1C.Cl. The van der Waals surface area contributed by atoms with Crippen molar-refractivity contribution in [3.05, 3.63) is 18.2 Å². The van der Waals surface area contributed by atoms with Crippen molar-refractivity contribution >= 4 is 29.1 Å². The predicted octanol–water partition coefficient (Wildman–Crippen LogP) is 1.59.